The summed E-state index contributed by atoms with van der Waals surface area (Å²) in [6.07, 6.45) is 3.28. The summed E-state index contributed by atoms with van der Waals surface area (Å²) in [5, 5.41) is 9.27. The van der Waals surface area contributed by atoms with Gasteiger partial charge in [-0.25, -0.2) is 4.79 Å². The third-order valence-electron chi connectivity index (χ3n) is 2.94. The van der Waals surface area contributed by atoms with Crippen LogP contribution in [0.5, 0.6) is 0 Å². The Kier molecular flexibility index (Phi) is 4.57. The molecule has 98 valence electrons. The van der Waals surface area contributed by atoms with Gasteiger partial charge in [-0.1, -0.05) is 6.08 Å². The third kappa shape index (κ3) is 3.73. The second-order valence-corrected chi connectivity index (χ2v) is 5.47. The van der Waals surface area contributed by atoms with Gasteiger partial charge in [-0.15, -0.1) is 6.58 Å². The monoisotopic (exact) mass is 241 g/mol. The molecule has 0 radical (unpaired) electrons. The lowest BCUT2D eigenvalue weighted by atomic mass is 9.99. The van der Waals surface area contributed by atoms with Crippen molar-refractivity contribution in [2.75, 3.05) is 13.2 Å². The topological polar surface area (TPSA) is 49.8 Å². The quantitative estimate of drug-likeness (QED) is 0.770. The summed E-state index contributed by atoms with van der Waals surface area (Å²) in [7, 11) is 0. The van der Waals surface area contributed by atoms with Crippen LogP contribution in [0.2, 0.25) is 0 Å². The van der Waals surface area contributed by atoms with Gasteiger partial charge in [-0.05, 0) is 33.6 Å². The number of rotatable bonds is 3. The van der Waals surface area contributed by atoms with Crippen molar-refractivity contribution < 1.29 is 14.6 Å². The minimum absolute atomic E-state index is 0.0207. The van der Waals surface area contributed by atoms with Gasteiger partial charge in [0.25, 0.3) is 0 Å². The summed E-state index contributed by atoms with van der Waals surface area (Å²) >= 11 is 0. The Hall–Kier alpha value is -1.03. The van der Waals surface area contributed by atoms with Gasteiger partial charge in [-0.3, -0.25) is 0 Å². The zero-order valence-electron chi connectivity index (χ0n) is 11.0. The molecule has 0 unspecified atom stereocenters. The van der Waals surface area contributed by atoms with E-state index in [1.54, 1.807) is 11.0 Å². The smallest absolute Gasteiger partial charge is 0.410 e. The fraction of sp³-hybridized carbons (Fsp3) is 0.769. The summed E-state index contributed by atoms with van der Waals surface area (Å²) in [5.74, 6) is -0.0648. The van der Waals surface area contributed by atoms with E-state index in [9.17, 15) is 9.90 Å². The normalized spacial score (nSPS) is 22.4. The maximum Gasteiger partial charge on any atom is 0.410 e. The predicted molar refractivity (Wildman–Crippen MR) is 66.7 cm³/mol. The van der Waals surface area contributed by atoms with Gasteiger partial charge in [0.2, 0.25) is 0 Å². The van der Waals surface area contributed by atoms with Crippen molar-refractivity contribution in [2.24, 2.45) is 5.92 Å². The summed E-state index contributed by atoms with van der Waals surface area (Å²) in [6.45, 7) is 9.99. The maximum atomic E-state index is 12.0. The number of amides is 1. The summed E-state index contributed by atoms with van der Waals surface area (Å²) in [4.78, 5) is 13.7. The molecule has 1 amide bonds. The van der Waals surface area contributed by atoms with Crippen LogP contribution in [0, 0.1) is 5.92 Å². The fourth-order valence-electron chi connectivity index (χ4n) is 2.14. The van der Waals surface area contributed by atoms with Crippen LogP contribution in [0.1, 0.15) is 33.6 Å². The Morgan fingerprint density at radius 2 is 2.29 bits per heavy atom. The van der Waals surface area contributed by atoms with Gasteiger partial charge in [0.1, 0.15) is 5.60 Å². The highest BCUT2D eigenvalue weighted by Gasteiger charge is 2.35. The number of aliphatic hydroxyl groups excluding tert-OH is 1. The molecule has 1 aliphatic rings. The average Bonchev–Trinajstić information content (AvgIpc) is 2.66. The molecule has 1 N–H and O–H groups in total. The number of carbonyl (C=O) groups excluding carboxylic acids is 1. The number of ether oxygens (including phenoxy) is 1. The van der Waals surface area contributed by atoms with Gasteiger partial charge < -0.3 is 14.7 Å². The molecule has 2 atom stereocenters. The van der Waals surface area contributed by atoms with Crippen molar-refractivity contribution in [3.05, 3.63) is 12.7 Å². The molecule has 17 heavy (non-hydrogen) atoms. The van der Waals surface area contributed by atoms with Crippen molar-refractivity contribution in [1.29, 1.82) is 0 Å². The third-order valence-corrected chi connectivity index (χ3v) is 2.94. The summed E-state index contributed by atoms with van der Waals surface area (Å²) < 4.78 is 5.36. The van der Waals surface area contributed by atoms with Gasteiger partial charge in [0.15, 0.2) is 0 Å². The lowest BCUT2D eigenvalue weighted by Gasteiger charge is -2.31. The molecule has 4 nitrogen and oxygen atoms in total. The minimum atomic E-state index is -0.479. The molecular weight excluding hydrogens is 218 g/mol. The molecule has 1 heterocycles. The second kappa shape index (κ2) is 5.54. The Morgan fingerprint density at radius 1 is 1.65 bits per heavy atom. The van der Waals surface area contributed by atoms with E-state index in [-0.39, 0.29) is 24.7 Å². The Labute approximate surface area is 103 Å². The number of nitrogens with zero attached hydrogens (tertiary/aromatic N) is 1. The molecule has 1 fully saturated rings. The molecule has 1 aliphatic heterocycles. The molecule has 0 aliphatic carbocycles. The number of likely N-dealkylation sites (tertiary alicyclic amines) is 1. The van der Waals surface area contributed by atoms with Crippen LogP contribution in [0.25, 0.3) is 0 Å². The number of hydrogen-bond donors (Lipinski definition) is 1. The molecule has 0 aromatic heterocycles. The molecule has 0 aromatic rings. The molecule has 4 heteroatoms. The first kappa shape index (κ1) is 14.0. The predicted octanol–water partition coefficient (Wildman–Crippen LogP) is 2.18. The van der Waals surface area contributed by atoms with E-state index in [1.165, 1.54) is 0 Å². The molecule has 1 rings (SSSR count). The molecular formula is C13H23NO3. The molecule has 0 aromatic carbocycles. The van der Waals surface area contributed by atoms with Crippen LogP contribution in [0.4, 0.5) is 4.79 Å². The van der Waals surface area contributed by atoms with Crippen LogP contribution in [-0.2, 0) is 4.74 Å². The maximum absolute atomic E-state index is 12.0. The SMILES string of the molecule is C=C[C@@H](CO)[C@@H]1CCCN1C(=O)OC(C)(C)C. The Bertz CT molecular complexity index is 283. The number of carbonyl (C=O) groups is 1. The standard InChI is InChI=1S/C13H23NO3/c1-5-10(9-15)11-7-6-8-14(11)12(16)17-13(2,3)4/h5,10-11,15H,1,6-9H2,2-4H3/t10-,11-/m0/s1. The molecule has 0 saturated carbocycles. The molecule has 0 bridgehead atoms. The van der Waals surface area contributed by atoms with Crippen LogP contribution < -0.4 is 0 Å². The number of hydrogen-bond acceptors (Lipinski definition) is 3. The van der Waals surface area contributed by atoms with E-state index in [1.807, 2.05) is 20.8 Å². The van der Waals surface area contributed by atoms with Crippen LogP contribution >= 0.6 is 0 Å². The highest BCUT2D eigenvalue weighted by Crippen LogP contribution is 2.26. The second-order valence-electron chi connectivity index (χ2n) is 5.47. The van der Waals surface area contributed by atoms with Gasteiger partial charge in [0.05, 0.1) is 6.61 Å². The van der Waals surface area contributed by atoms with Crippen LogP contribution in [0.3, 0.4) is 0 Å². The molecule has 0 spiro atoms. The van der Waals surface area contributed by atoms with E-state index in [2.05, 4.69) is 6.58 Å². The number of aliphatic hydroxyl groups is 1. The highest BCUT2D eigenvalue weighted by atomic mass is 16.6. The van der Waals surface area contributed by atoms with Gasteiger partial charge in [0, 0.05) is 18.5 Å². The lowest BCUT2D eigenvalue weighted by molar-refractivity contribution is 0.0172. The summed E-state index contributed by atoms with van der Waals surface area (Å²) in [6, 6.07) is 0.0207. The first-order valence-corrected chi connectivity index (χ1v) is 6.12. The largest absolute Gasteiger partial charge is 0.444 e. The van der Waals surface area contributed by atoms with E-state index < -0.39 is 5.60 Å². The first-order chi connectivity index (χ1) is 7.89. The van der Waals surface area contributed by atoms with E-state index in [0.29, 0.717) is 6.54 Å². The lowest BCUT2D eigenvalue weighted by Crippen LogP contribution is -2.43. The van der Waals surface area contributed by atoms with Crippen molar-refractivity contribution in [3.8, 4) is 0 Å². The Balaban J connectivity index is 2.69. The van der Waals surface area contributed by atoms with Gasteiger partial charge in [-0.2, -0.15) is 0 Å². The minimum Gasteiger partial charge on any atom is -0.444 e. The highest BCUT2D eigenvalue weighted by molar-refractivity contribution is 5.69. The zero-order valence-corrected chi connectivity index (χ0v) is 11.0. The van der Waals surface area contributed by atoms with Crippen LogP contribution in [0.15, 0.2) is 12.7 Å². The van der Waals surface area contributed by atoms with E-state index >= 15 is 0 Å². The zero-order chi connectivity index (χ0) is 13.1. The Morgan fingerprint density at radius 3 is 2.76 bits per heavy atom. The van der Waals surface area contributed by atoms with E-state index in [4.69, 9.17) is 4.74 Å². The summed E-state index contributed by atoms with van der Waals surface area (Å²) in [5.41, 5.74) is -0.479. The average molecular weight is 241 g/mol. The van der Waals surface area contributed by atoms with Gasteiger partial charge >= 0.3 is 6.09 Å². The molecule has 1 saturated heterocycles. The van der Waals surface area contributed by atoms with Crippen molar-refractivity contribution in [1.82, 2.24) is 4.90 Å². The van der Waals surface area contributed by atoms with Crippen molar-refractivity contribution in [3.63, 3.8) is 0 Å². The van der Waals surface area contributed by atoms with Crippen molar-refractivity contribution in [2.45, 2.75) is 45.3 Å². The van der Waals surface area contributed by atoms with Crippen LogP contribution in [-0.4, -0.2) is 40.9 Å². The van der Waals surface area contributed by atoms with Crippen molar-refractivity contribution >= 4 is 6.09 Å². The van der Waals surface area contributed by atoms with E-state index in [0.717, 1.165) is 12.8 Å². The first-order valence-electron chi connectivity index (χ1n) is 6.12. The fourth-order valence-corrected chi connectivity index (χ4v) is 2.14.